The highest BCUT2D eigenvalue weighted by Crippen LogP contribution is 2.29. The van der Waals surface area contributed by atoms with Crippen molar-refractivity contribution in [2.45, 2.75) is 63.7 Å². The van der Waals surface area contributed by atoms with Gasteiger partial charge in [0.05, 0.1) is 5.25 Å². The zero-order valence-electron chi connectivity index (χ0n) is 12.3. The van der Waals surface area contributed by atoms with Gasteiger partial charge in [0.2, 0.25) is 10.0 Å². The molecule has 1 aliphatic carbocycles. The average Bonchev–Trinajstić information content (AvgIpc) is 2.91. The topological polar surface area (TPSA) is 49.4 Å². The largest absolute Gasteiger partial charge is 0.317 e. The van der Waals surface area contributed by atoms with Gasteiger partial charge in [-0.1, -0.05) is 12.8 Å². The second-order valence-corrected chi connectivity index (χ2v) is 8.47. The van der Waals surface area contributed by atoms with E-state index in [9.17, 15) is 8.42 Å². The smallest absolute Gasteiger partial charge is 0.217 e. The predicted molar refractivity (Wildman–Crippen MR) is 78.6 cm³/mol. The predicted octanol–water partition coefficient (Wildman–Crippen LogP) is 1.97. The summed E-state index contributed by atoms with van der Waals surface area (Å²) < 4.78 is 27.3. The lowest BCUT2D eigenvalue weighted by Gasteiger charge is -2.33. The molecule has 1 saturated carbocycles. The number of nitrogens with zero attached hydrogens (tertiary/aromatic N) is 1. The molecule has 0 aromatic carbocycles. The highest BCUT2D eigenvalue weighted by molar-refractivity contribution is 7.89. The third-order valence-electron chi connectivity index (χ3n) is 4.52. The first kappa shape index (κ1) is 15.3. The molecule has 2 aliphatic rings. The van der Waals surface area contributed by atoms with Crippen molar-refractivity contribution in [3.63, 3.8) is 0 Å². The lowest BCUT2D eigenvalue weighted by Crippen LogP contribution is -2.46. The third kappa shape index (κ3) is 3.70. The van der Waals surface area contributed by atoms with Crippen LogP contribution in [-0.2, 0) is 10.0 Å². The Balaban J connectivity index is 2.05. The first-order chi connectivity index (χ1) is 9.01. The summed E-state index contributed by atoms with van der Waals surface area (Å²) in [6.45, 7) is 6.79. The van der Waals surface area contributed by atoms with Gasteiger partial charge in [0, 0.05) is 12.6 Å². The maximum absolute atomic E-state index is 12.8. The van der Waals surface area contributed by atoms with Crippen molar-refractivity contribution < 1.29 is 8.42 Å². The summed E-state index contributed by atoms with van der Waals surface area (Å²) in [4.78, 5) is 0. The molecule has 1 heterocycles. The Labute approximate surface area is 118 Å². The molecule has 2 fully saturated rings. The van der Waals surface area contributed by atoms with Crippen LogP contribution in [0.1, 0.15) is 52.4 Å². The van der Waals surface area contributed by atoms with Crippen LogP contribution in [-0.4, -0.2) is 43.6 Å². The number of rotatable bonds is 5. The quantitative estimate of drug-likeness (QED) is 0.841. The van der Waals surface area contributed by atoms with E-state index in [1.807, 2.05) is 13.8 Å². The van der Waals surface area contributed by atoms with Crippen molar-refractivity contribution in [3.8, 4) is 0 Å². The van der Waals surface area contributed by atoms with Crippen LogP contribution >= 0.6 is 0 Å². The van der Waals surface area contributed by atoms with E-state index in [-0.39, 0.29) is 11.3 Å². The van der Waals surface area contributed by atoms with Crippen LogP contribution in [0.3, 0.4) is 0 Å². The highest BCUT2D eigenvalue weighted by Gasteiger charge is 2.36. The van der Waals surface area contributed by atoms with Crippen LogP contribution < -0.4 is 5.32 Å². The van der Waals surface area contributed by atoms with Crippen LogP contribution in [0.15, 0.2) is 0 Å². The SMILES string of the molecule is CC(C)N(CC1CCNCC1)S(=O)(=O)C1CCCC1. The van der Waals surface area contributed by atoms with E-state index >= 15 is 0 Å². The molecule has 1 aliphatic heterocycles. The molecule has 0 amide bonds. The van der Waals surface area contributed by atoms with Crippen LogP contribution in [0.4, 0.5) is 0 Å². The van der Waals surface area contributed by atoms with Gasteiger partial charge in [0.15, 0.2) is 0 Å². The first-order valence-corrected chi connectivity index (χ1v) is 9.23. The van der Waals surface area contributed by atoms with E-state index in [0.717, 1.165) is 58.2 Å². The molecule has 19 heavy (non-hydrogen) atoms. The maximum atomic E-state index is 12.8. The Morgan fingerprint density at radius 1 is 1.11 bits per heavy atom. The van der Waals surface area contributed by atoms with Gasteiger partial charge in [0.1, 0.15) is 0 Å². The molecule has 2 rings (SSSR count). The van der Waals surface area contributed by atoms with Gasteiger partial charge in [-0.15, -0.1) is 0 Å². The Kier molecular flexibility index (Phi) is 5.26. The Morgan fingerprint density at radius 3 is 2.21 bits per heavy atom. The summed E-state index contributed by atoms with van der Waals surface area (Å²) >= 11 is 0. The molecule has 0 radical (unpaired) electrons. The molecular weight excluding hydrogens is 260 g/mol. The van der Waals surface area contributed by atoms with E-state index in [1.165, 1.54) is 0 Å². The number of sulfonamides is 1. The van der Waals surface area contributed by atoms with Crippen LogP contribution in [0, 0.1) is 5.92 Å². The average molecular weight is 288 g/mol. The summed E-state index contributed by atoms with van der Waals surface area (Å²) in [6.07, 6.45) is 6.06. The van der Waals surface area contributed by atoms with Crippen LogP contribution in [0.2, 0.25) is 0 Å². The lowest BCUT2D eigenvalue weighted by atomic mass is 9.98. The Morgan fingerprint density at radius 2 is 1.68 bits per heavy atom. The van der Waals surface area contributed by atoms with E-state index in [4.69, 9.17) is 0 Å². The number of hydrogen-bond acceptors (Lipinski definition) is 3. The van der Waals surface area contributed by atoms with Crippen LogP contribution in [0.5, 0.6) is 0 Å². The maximum Gasteiger partial charge on any atom is 0.217 e. The third-order valence-corrected chi connectivity index (χ3v) is 7.06. The van der Waals surface area contributed by atoms with Gasteiger partial charge < -0.3 is 5.32 Å². The molecule has 0 atom stereocenters. The summed E-state index contributed by atoms with van der Waals surface area (Å²) in [6, 6.07) is 0.0838. The second kappa shape index (κ2) is 6.55. The fourth-order valence-corrected chi connectivity index (χ4v) is 5.62. The summed E-state index contributed by atoms with van der Waals surface area (Å²) in [5, 5.41) is 3.23. The van der Waals surface area contributed by atoms with Gasteiger partial charge in [-0.3, -0.25) is 0 Å². The minimum absolute atomic E-state index is 0.0838. The van der Waals surface area contributed by atoms with Crippen molar-refractivity contribution >= 4 is 10.0 Å². The van der Waals surface area contributed by atoms with E-state index in [0.29, 0.717) is 5.92 Å². The zero-order valence-corrected chi connectivity index (χ0v) is 13.1. The van der Waals surface area contributed by atoms with Gasteiger partial charge in [-0.25, -0.2) is 8.42 Å². The molecule has 1 saturated heterocycles. The molecule has 0 spiro atoms. The van der Waals surface area contributed by atoms with Gasteiger partial charge >= 0.3 is 0 Å². The molecule has 112 valence electrons. The number of hydrogen-bond donors (Lipinski definition) is 1. The highest BCUT2D eigenvalue weighted by atomic mass is 32.2. The number of piperidine rings is 1. The second-order valence-electron chi connectivity index (χ2n) is 6.31. The molecule has 1 N–H and O–H groups in total. The van der Waals surface area contributed by atoms with Crippen LogP contribution in [0.25, 0.3) is 0 Å². The summed E-state index contributed by atoms with van der Waals surface area (Å²) in [5.74, 6) is 0.528. The van der Waals surface area contributed by atoms with Gasteiger partial charge in [-0.05, 0) is 58.5 Å². The Hall–Kier alpha value is -0.130. The molecule has 4 nitrogen and oxygen atoms in total. The van der Waals surface area contributed by atoms with Gasteiger partial charge in [0.25, 0.3) is 0 Å². The zero-order chi connectivity index (χ0) is 13.9. The molecule has 0 aromatic heterocycles. The van der Waals surface area contributed by atoms with Crippen molar-refractivity contribution in [1.82, 2.24) is 9.62 Å². The normalized spacial score (nSPS) is 23.6. The molecule has 0 aromatic rings. The monoisotopic (exact) mass is 288 g/mol. The molecule has 0 unspecified atom stereocenters. The van der Waals surface area contributed by atoms with Crippen molar-refractivity contribution in [2.24, 2.45) is 5.92 Å². The van der Waals surface area contributed by atoms with E-state index < -0.39 is 10.0 Å². The first-order valence-electron chi connectivity index (χ1n) is 7.73. The molecule has 5 heteroatoms. The minimum atomic E-state index is -3.09. The molecular formula is C14H28N2O2S. The molecule has 0 bridgehead atoms. The summed E-state index contributed by atoms with van der Waals surface area (Å²) in [5.41, 5.74) is 0. The van der Waals surface area contributed by atoms with Gasteiger partial charge in [-0.2, -0.15) is 4.31 Å². The van der Waals surface area contributed by atoms with E-state index in [2.05, 4.69) is 5.32 Å². The van der Waals surface area contributed by atoms with Crippen molar-refractivity contribution in [1.29, 1.82) is 0 Å². The van der Waals surface area contributed by atoms with E-state index in [1.54, 1.807) is 4.31 Å². The fourth-order valence-electron chi connectivity index (χ4n) is 3.31. The summed E-state index contributed by atoms with van der Waals surface area (Å²) in [7, 11) is -3.09. The number of nitrogens with one attached hydrogen (secondary N) is 1. The van der Waals surface area contributed by atoms with Crippen molar-refractivity contribution in [2.75, 3.05) is 19.6 Å². The Bertz CT molecular complexity index is 369. The minimum Gasteiger partial charge on any atom is -0.317 e. The fraction of sp³-hybridized carbons (Fsp3) is 1.00. The lowest BCUT2D eigenvalue weighted by molar-refractivity contribution is 0.258. The standard InChI is InChI=1S/C14H28N2O2S/c1-12(2)16(11-13-7-9-15-10-8-13)19(17,18)14-5-3-4-6-14/h12-15H,3-11H2,1-2H3. The van der Waals surface area contributed by atoms with Crippen molar-refractivity contribution in [3.05, 3.63) is 0 Å².